The molecule has 3 atom stereocenters. The van der Waals surface area contributed by atoms with Crippen LogP contribution in [0.15, 0.2) is 41.2 Å². The van der Waals surface area contributed by atoms with Gasteiger partial charge in [-0.15, -0.1) is 0 Å². The standard InChI is InChI=1S/C20H26N2O3.2C2HF3O2/c1-15-3-2-4-17(21-15)13-24-14-18-5-6-19-20(25-18)7-9-22(19)11-16-8-10-23-12-16;2*3-2(4,5)1(6)7/h2-4,8,10,12,18-20H,5-7,9,11,13-14H2,1H3;2*(H,6,7)/t18-,19+,20+;;/m1../s1. The van der Waals surface area contributed by atoms with E-state index in [4.69, 9.17) is 33.7 Å². The summed E-state index contributed by atoms with van der Waals surface area (Å²) < 4.78 is 80.8. The molecule has 0 aliphatic carbocycles. The van der Waals surface area contributed by atoms with Gasteiger partial charge >= 0.3 is 24.3 Å². The number of carbonyl (C=O) groups is 2. The normalized spacial score (nSPS) is 21.2. The maximum atomic E-state index is 10.6. The van der Waals surface area contributed by atoms with Crippen LogP contribution in [0.25, 0.3) is 0 Å². The Labute approximate surface area is 219 Å². The van der Waals surface area contributed by atoms with E-state index >= 15 is 0 Å². The van der Waals surface area contributed by atoms with Gasteiger partial charge in [0.2, 0.25) is 0 Å². The SMILES string of the molecule is Cc1cccc(COC[C@H]2CC[C@H]3[C@H](CCN3Cc3ccoc3)O2)n1.O=C(O)C(F)(F)F.O=C(O)C(F)(F)F. The molecule has 9 nitrogen and oxygen atoms in total. The van der Waals surface area contributed by atoms with Crippen molar-refractivity contribution in [3.8, 4) is 0 Å². The first kappa shape index (κ1) is 32.0. The highest BCUT2D eigenvalue weighted by Gasteiger charge is 2.40. The highest BCUT2D eigenvalue weighted by Crippen LogP contribution is 2.32. The zero-order valence-corrected chi connectivity index (χ0v) is 20.7. The summed E-state index contributed by atoms with van der Waals surface area (Å²) in [6, 6.07) is 8.62. The average Bonchev–Trinajstić information content (AvgIpc) is 3.49. The number of likely N-dealkylation sites (tertiary alicyclic amines) is 1. The fraction of sp³-hybridized carbons (Fsp3) is 0.542. The second-order valence-corrected chi connectivity index (χ2v) is 8.72. The molecule has 2 aromatic heterocycles. The molecule has 2 fully saturated rings. The van der Waals surface area contributed by atoms with E-state index in [1.54, 1.807) is 6.26 Å². The number of fused-ring (bicyclic) bond motifs is 1. The minimum absolute atomic E-state index is 0.208. The van der Waals surface area contributed by atoms with Gasteiger partial charge in [0, 0.05) is 30.4 Å². The Kier molecular flexibility index (Phi) is 11.7. The molecule has 0 bridgehead atoms. The topological polar surface area (TPSA) is 122 Å². The Balaban J connectivity index is 0.000000317. The summed E-state index contributed by atoms with van der Waals surface area (Å²) in [7, 11) is 0. The number of nitrogens with zero attached hydrogens (tertiary/aromatic N) is 2. The molecule has 218 valence electrons. The van der Waals surface area contributed by atoms with Crippen LogP contribution in [-0.4, -0.2) is 75.8 Å². The van der Waals surface area contributed by atoms with Crippen LogP contribution in [0.2, 0.25) is 0 Å². The summed E-state index contributed by atoms with van der Waals surface area (Å²) in [4.78, 5) is 24.8. The summed E-state index contributed by atoms with van der Waals surface area (Å²) in [5, 5.41) is 14.2. The molecule has 2 aliphatic heterocycles. The van der Waals surface area contributed by atoms with Gasteiger partial charge in [-0.05, 0) is 44.4 Å². The van der Waals surface area contributed by atoms with Gasteiger partial charge in [-0.1, -0.05) is 6.07 Å². The molecule has 39 heavy (non-hydrogen) atoms. The minimum atomic E-state index is -5.08. The van der Waals surface area contributed by atoms with Crippen LogP contribution < -0.4 is 0 Å². The predicted octanol–water partition coefficient (Wildman–Crippen LogP) is 4.59. The quantitative estimate of drug-likeness (QED) is 0.481. The first-order valence-electron chi connectivity index (χ1n) is 11.7. The Bertz CT molecular complexity index is 1020. The lowest BCUT2D eigenvalue weighted by Crippen LogP contribution is -2.43. The number of pyridine rings is 1. The molecule has 4 heterocycles. The first-order valence-corrected chi connectivity index (χ1v) is 11.7. The maximum absolute atomic E-state index is 10.6. The molecule has 4 rings (SSSR count). The molecule has 0 amide bonds. The molecule has 2 N–H and O–H groups in total. The Morgan fingerprint density at radius 1 is 1.05 bits per heavy atom. The van der Waals surface area contributed by atoms with Gasteiger partial charge in [0.05, 0.1) is 43.6 Å². The van der Waals surface area contributed by atoms with Crippen LogP contribution in [-0.2, 0) is 32.2 Å². The highest BCUT2D eigenvalue weighted by atomic mass is 19.4. The molecule has 2 saturated heterocycles. The average molecular weight is 570 g/mol. The van der Waals surface area contributed by atoms with Crippen LogP contribution >= 0.6 is 0 Å². The number of halogens is 6. The molecular formula is C24H28F6N2O7. The van der Waals surface area contributed by atoms with Crippen LogP contribution in [0.4, 0.5) is 26.3 Å². The zero-order chi connectivity index (χ0) is 29.2. The summed E-state index contributed by atoms with van der Waals surface area (Å²) in [6.07, 6.45) is -2.68. The lowest BCUT2D eigenvalue weighted by Gasteiger charge is -2.35. The van der Waals surface area contributed by atoms with E-state index in [0.717, 1.165) is 37.3 Å². The van der Waals surface area contributed by atoms with Crippen LogP contribution in [0.3, 0.4) is 0 Å². The molecule has 2 aromatic rings. The van der Waals surface area contributed by atoms with Crippen LogP contribution in [0, 0.1) is 6.92 Å². The fourth-order valence-electron chi connectivity index (χ4n) is 4.00. The molecule has 0 radical (unpaired) electrons. The number of alkyl halides is 6. The van der Waals surface area contributed by atoms with Gasteiger partial charge in [-0.3, -0.25) is 9.88 Å². The fourth-order valence-corrected chi connectivity index (χ4v) is 4.00. The molecular weight excluding hydrogens is 542 g/mol. The zero-order valence-electron chi connectivity index (χ0n) is 20.7. The van der Waals surface area contributed by atoms with Crippen molar-refractivity contribution in [3.63, 3.8) is 0 Å². The first-order chi connectivity index (χ1) is 18.2. The highest BCUT2D eigenvalue weighted by molar-refractivity contribution is 5.73. The van der Waals surface area contributed by atoms with Crippen LogP contribution in [0.5, 0.6) is 0 Å². The van der Waals surface area contributed by atoms with E-state index in [9.17, 15) is 26.3 Å². The lowest BCUT2D eigenvalue weighted by atomic mass is 9.99. The van der Waals surface area contributed by atoms with Crippen molar-refractivity contribution in [2.75, 3.05) is 13.2 Å². The monoisotopic (exact) mass is 570 g/mol. The summed E-state index contributed by atoms with van der Waals surface area (Å²) >= 11 is 0. The van der Waals surface area contributed by atoms with Crippen molar-refractivity contribution in [2.24, 2.45) is 0 Å². The van der Waals surface area contributed by atoms with E-state index < -0.39 is 24.3 Å². The van der Waals surface area contributed by atoms with Crippen molar-refractivity contribution in [1.29, 1.82) is 0 Å². The number of aryl methyl sites for hydroxylation is 1. The number of carboxylic acids is 2. The van der Waals surface area contributed by atoms with Crippen LogP contribution in [0.1, 0.15) is 36.2 Å². The molecule has 2 aliphatic rings. The van der Waals surface area contributed by atoms with E-state index in [1.165, 1.54) is 12.0 Å². The number of aromatic nitrogens is 1. The summed E-state index contributed by atoms with van der Waals surface area (Å²) in [5.41, 5.74) is 3.26. The number of furan rings is 1. The van der Waals surface area contributed by atoms with Gasteiger partial charge < -0.3 is 24.1 Å². The van der Waals surface area contributed by atoms with Crippen molar-refractivity contribution in [3.05, 3.63) is 53.7 Å². The second-order valence-electron chi connectivity index (χ2n) is 8.72. The molecule has 0 unspecified atom stereocenters. The Morgan fingerprint density at radius 2 is 1.69 bits per heavy atom. The minimum Gasteiger partial charge on any atom is -0.475 e. The summed E-state index contributed by atoms with van der Waals surface area (Å²) in [6.45, 7) is 5.27. The van der Waals surface area contributed by atoms with Gasteiger partial charge in [-0.2, -0.15) is 26.3 Å². The van der Waals surface area contributed by atoms with E-state index in [1.807, 2.05) is 37.5 Å². The van der Waals surface area contributed by atoms with Crippen molar-refractivity contribution < 1.29 is 60.0 Å². The van der Waals surface area contributed by atoms with Crippen molar-refractivity contribution >= 4 is 11.9 Å². The Hall–Kier alpha value is -3.17. The van der Waals surface area contributed by atoms with Gasteiger partial charge in [0.25, 0.3) is 0 Å². The van der Waals surface area contributed by atoms with E-state index in [2.05, 4.69) is 9.88 Å². The Morgan fingerprint density at radius 3 is 2.23 bits per heavy atom. The second kappa shape index (κ2) is 14.3. The van der Waals surface area contributed by atoms with Gasteiger partial charge in [0.1, 0.15) is 0 Å². The number of carboxylic acid groups (broad SMARTS) is 2. The van der Waals surface area contributed by atoms with E-state index in [0.29, 0.717) is 25.4 Å². The summed E-state index contributed by atoms with van der Waals surface area (Å²) in [5.74, 6) is -5.51. The number of aliphatic carboxylic acids is 2. The van der Waals surface area contributed by atoms with Crippen molar-refractivity contribution in [1.82, 2.24) is 9.88 Å². The maximum Gasteiger partial charge on any atom is 0.490 e. The number of rotatable bonds is 6. The number of hydrogen-bond acceptors (Lipinski definition) is 7. The number of ether oxygens (including phenoxy) is 2. The molecule has 0 saturated carbocycles. The van der Waals surface area contributed by atoms with Gasteiger partial charge in [0.15, 0.2) is 0 Å². The largest absolute Gasteiger partial charge is 0.490 e. The smallest absolute Gasteiger partial charge is 0.475 e. The lowest BCUT2D eigenvalue weighted by molar-refractivity contribution is -0.193. The molecule has 0 spiro atoms. The van der Waals surface area contributed by atoms with Crippen molar-refractivity contribution in [2.45, 2.75) is 69.9 Å². The predicted molar refractivity (Wildman–Crippen MR) is 121 cm³/mol. The molecule has 15 heteroatoms. The third kappa shape index (κ3) is 11.2. The van der Waals surface area contributed by atoms with Gasteiger partial charge in [-0.25, -0.2) is 9.59 Å². The third-order valence-electron chi connectivity index (χ3n) is 5.70. The molecule has 0 aromatic carbocycles. The number of hydrogen-bond donors (Lipinski definition) is 2. The van der Waals surface area contributed by atoms with E-state index in [-0.39, 0.29) is 6.10 Å². The third-order valence-corrected chi connectivity index (χ3v) is 5.70.